The minimum atomic E-state index is 0.279. The molecular weight excluding hydrogens is 246 g/mol. The summed E-state index contributed by atoms with van der Waals surface area (Å²) in [7, 11) is 0. The van der Waals surface area contributed by atoms with Gasteiger partial charge in [-0.1, -0.05) is 12.1 Å². The van der Waals surface area contributed by atoms with Gasteiger partial charge < -0.3 is 4.90 Å². The summed E-state index contributed by atoms with van der Waals surface area (Å²) < 4.78 is 0. The normalized spacial score (nSPS) is 10.4. The summed E-state index contributed by atoms with van der Waals surface area (Å²) in [5.74, 6) is 0.864. The molecule has 1 aromatic heterocycles. The molecule has 0 aliphatic carbocycles. The molecule has 0 fully saturated rings. The third-order valence-corrected chi connectivity index (χ3v) is 2.98. The van der Waals surface area contributed by atoms with E-state index in [1.54, 1.807) is 6.20 Å². The Hall–Kier alpha value is -1.61. The molecule has 0 N–H and O–H groups in total. The van der Waals surface area contributed by atoms with Gasteiger partial charge in [0.05, 0.1) is 0 Å². The van der Waals surface area contributed by atoms with Gasteiger partial charge in [0.1, 0.15) is 5.82 Å². The Morgan fingerprint density at radius 2 is 2.06 bits per heavy atom. The van der Waals surface area contributed by atoms with E-state index in [2.05, 4.69) is 46.9 Å². The second kappa shape index (κ2) is 5.36. The molecule has 2 aromatic rings. The van der Waals surface area contributed by atoms with Crippen molar-refractivity contribution in [3.05, 3.63) is 46.9 Å². The predicted molar refractivity (Wildman–Crippen MR) is 75.6 cm³/mol. The number of hydrogen-bond donors (Lipinski definition) is 0. The third kappa shape index (κ3) is 2.62. The molecule has 18 heavy (non-hydrogen) atoms. The van der Waals surface area contributed by atoms with Crippen LogP contribution in [-0.4, -0.2) is 16.5 Å². The van der Waals surface area contributed by atoms with E-state index < -0.39 is 0 Å². The molecule has 0 unspecified atom stereocenters. The first-order chi connectivity index (χ1) is 8.61. The van der Waals surface area contributed by atoms with E-state index in [9.17, 15) is 0 Å². The topological polar surface area (TPSA) is 29.0 Å². The van der Waals surface area contributed by atoms with Gasteiger partial charge in [0.15, 0.2) is 0 Å². The van der Waals surface area contributed by atoms with Gasteiger partial charge in [-0.3, -0.25) is 0 Å². The van der Waals surface area contributed by atoms with Gasteiger partial charge >= 0.3 is 0 Å². The highest BCUT2D eigenvalue weighted by Crippen LogP contribution is 2.27. The molecule has 1 heterocycles. The van der Waals surface area contributed by atoms with Crippen LogP contribution in [0.2, 0.25) is 5.28 Å². The lowest BCUT2D eigenvalue weighted by atomic mass is 10.2. The summed E-state index contributed by atoms with van der Waals surface area (Å²) in [6, 6.07) is 8.34. The van der Waals surface area contributed by atoms with Crippen molar-refractivity contribution in [1.82, 2.24) is 9.97 Å². The molecule has 0 radical (unpaired) electrons. The van der Waals surface area contributed by atoms with Gasteiger partial charge in [0, 0.05) is 24.0 Å². The maximum atomic E-state index is 5.89. The number of nitrogens with zero attached hydrogens (tertiary/aromatic N) is 3. The molecule has 4 heteroatoms. The van der Waals surface area contributed by atoms with Crippen LogP contribution in [0.5, 0.6) is 0 Å². The smallest absolute Gasteiger partial charge is 0.224 e. The van der Waals surface area contributed by atoms with E-state index in [1.807, 2.05) is 13.0 Å². The molecule has 0 saturated carbocycles. The number of rotatable bonds is 3. The fourth-order valence-electron chi connectivity index (χ4n) is 1.94. The molecule has 0 aliphatic rings. The van der Waals surface area contributed by atoms with Crippen LogP contribution in [0.15, 0.2) is 30.5 Å². The summed E-state index contributed by atoms with van der Waals surface area (Å²) in [5.41, 5.74) is 3.36. The number of benzene rings is 1. The van der Waals surface area contributed by atoms with Crippen molar-refractivity contribution in [2.75, 3.05) is 11.4 Å². The highest BCUT2D eigenvalue weighted by atomic mass is 35.5. The molecule has 1 aromatic carbocycles. The third-order valence-electron chi connectivity index (χ3n) is 2.80. The maximum absolute atomic E-state index is 5.89. The van der Waals surface area contributed by atoms with Gasteiger partial charge in [-0.25, -0.2) is 4.98 Å². The van der Waals surface area contributed by atoms with Crippen molar-refractivity contribution >= 4 is 23.1 Å². The van der Waals surface area contributed by atoms with Crippen LogP contribution in [0.25, 0.3) is 0 Å². The van der Waals surface area contributed by atoms with Crippen LogP contribution in [0.4, 0.5) is 11.5 Å². The molecule has 2 rings (SSSR count). The number of hydrogen-bond acceptors (Lipinski definition) is 3. The molecule has 0 bridgehead atoms. The average molecular weight is 262 g/mol. The van der Waals surface area contributed by atoms with Crippen molar-refractivity contribution in [1.29, 1.82) is 0 Å². The van der Waals surface area contributed by atoms with Gasteiger partial charge in [-0.2, -0.15) is 4.98 Å². The molecule has 0 atom stereocenters. The fourth-order valence-corrected chi connectivity index (χ4v) is 2.06. The van der Waals surface area contributed by atoms with Gasteiger partial charge in [-0.15, -0.1) is 0 Å². The Morgan fingerprint density at radius 1 is 1.28 bits per heavy atom. The Bertz CT molecular complexity index is 554. The molecule has 3 nitrogen and oxygen atoms in total. The Morgan fingerprint density at radius 3 is 2.72 bits per heavy atom. The second-order valence-electron chi connectivity index (χ2n) is 4.23. The van der Waals surface area contributed by atoms with E-state index in [0.717, 1.165) is 23.6 Å². The van der Waals surface area contributed by atoms with Crippen LogP contribution < -0.4 is 4.90 Å². The fraction of sp³-hybridized carbons (Fsp3) is 0.286. The van der Waals surface area contributed by atoms with Crippen LogP contribution in [-0.2, 0) is 0 Å². The molecular formula is C14H16ClN3. The molecule has 0 amide bonds. The highest BCUT2D eigenvalue weighted by molar-refractivity contribution is 6.28. The van der Waals surface area contributed by atoms with Crippen LogP contribution >= 0.6 is 11.6 Å². The van der Waals surface area contributed by atoms with E-state index >= 15 is 0 Å². The van der Waals surface area contributed by atoms with Crippen LogP contribution in [0, 0.1) is 13.8 Å². The van der Waals surface area contributed by atoms with Crippen molar-refractivity contribution in [3.8, 4) is 0 Å². The number of anilines is 2. The van der Waals surface area contributed by atoms with E-state index in [0.29, 0.717) is 0 Å². The zero-order valence-corrected chi connectivity index (χ0v) is 11.6. The highest BCUT2D eigenvalue weighted by Gasteiger charge is 2.12. The maximum Gasteiger partial charge on any atom is 0.224 e. The first-order valence-electron chi connectivity index (χ1n) is 5.95. The first kappa shape index (κ1) is 12.8. The molecule has 0 saturated heterocycles. The largest absolute Gasteiger partial charge is 0.326 e. The summed E-state index contributed by atoms with van der Waals surface area (Å²) in [4.78, 5) is 10.5. The van der Waals surface area contributed by atoms with Crippen LogP contribution in [0.3, 0.4) is 0 Å². The Labute approximate surface area is 112 Å². The SMILES string of the molecule is CCN(c1cccc(C)c1)c1nc(Cl)ncc1C. The zero-order chi connectivity index (χ0) is 13.1. The monoisotopic (exact) mass is 261 g/mol. The Kier molecular flexibility index (Phi) is 3.82. The zero-order valence-electron chi connectivity index (χ0n) is 10.8. The van der Waals surface area contributed by atoms with Gasteiger partial charge in [-0.05, 0) is 50.1 Å². The minimum Gasteiger partial charge on any atom is -0.326 e. The molecule has 94 valence electrons. The molecule has 0 spiro atoms. The van der Waals surface area contributed by atoms with Crippen LogP contribution in [0.1, 0.15) is 18.1 Å². The van der Waals surface area contributed by atoms with E-state index in [1.165, 1.54) is 5.56 Å². The standard InChI is InChI=1S/C14H16ClN3/c1-4-18(12-7-5-6-10(2)8-12)13-11(3)9-16-14(15)17-13/h5-9H,4H2,1-3H3. The van der Waals surface area contributed by atoms with E-state index in [-0.39, 0.29) is 5.28 Å². The Balaban J connectivity index is 2.48. The summed E-state index contributed by atoms with van der Waals surface area (Å²) >= 11 is 5.89. The lowest BCUT2D eigenvalue weighted by Crippen LogP contribution is -2.19. The molecule has 0 aliphatic heterocycles. The van der Waals surface area contributed by atoms with Crippen molar-refractivity contribution in [3.63, 3.8) is 0 Å². The number of aryl methyl sites for hydroxylation is 2. The minimum absolute atomic E-state index is 0.279. The van der Waals surface area contributed by atoms with Gasteiger partial charge in [0.2, 0.25) is 5.28 Å². The van der Waals surface area contributed by atoms with Crippen molar-refractivity contribution < 1.29 is 0 Å². The van der Waals surface area contributed by atoms with Gasteiger partial charge in [0.25, 0.3) is 0 Å². The van der Waals surface area contributed by atoms with E-state index in [4.69, 9.17) is 11.6 Å². The quantitative estimate of drug-likeness (QED) is 0.785. The summed E-state index contributed by atoms with van der Waals surface area (Å²) in [5, 5.41) is 0.279. The lowest BCUT2D eigenvalue weighted by Gasteiger charge is -2.24. The van der Waals surface area contributed by atoms with Crippen molar-refractivity contribution in [2.24, 2.45) is 0 Å². The average Bonchev–Trinajstić information content (AvgIpc) is 2.35. The first-order valence-corrected chi connectivity index (χ1v) is 6.33. The summed E-state index contributed by atoms with van der Waals surface area (Å²) in [6.45, 7) is 7.00. The summed E-state index contributed by atoms with van der Waals surface area (Å²) in [6.07, 6.45) is 1.75. The number of aromatic nitrogens is 2. The predicted octanol–water partition coefficient (Wildman–Crippen LogP) is 3.90. The second-order valence-corrected chi connectivity index (χ2v) is 4.57. The lowest BCUT2D eigenvalue weighted by molar-refractivity contribution is 0.961. The number of halogens is 1. The van der Waals surface area contributed by atoms with Crippen molar-refractivity contribution in [2.45, 2.75) is 20.8 Å².